The number of nitrogens with one attached hydrogen (secondary N) is 1. The van der Waals surface area contributed by atoms with Gasteiger partial charge in [0.05, 0.1) is 7.11 Å². The van der Waals surface area contributed by atoms with Gasteiger partial charge in [-0.25, -0.2) is 0 Å². The lowest BCUT2D eigenvalue weighted by Crippen LogP contribution is -2.48. The predicted octanol–water partition coefficient (Wildman–Crippen LogP) is 6.78. The normalized spacial score (nSPS) is 14.1. The van der Waals surface area contributed by atoms with Gasteiger partial charge in [0.1, 0.15) is 5.75 Å². The summed E-state index contributed by atoms with van der Waals surface area (Å²) in [7, 11) is 1.64. The molecule has 0 aromatic heterocycles. The summed E-state index contributed by atoms with van der Waals surface area (Å²) in [5.74, 6) is 0.978. The Kier molecular flexibility index (Phi) is 11.9. The van der Waals surface area contributed by atoms with E-state index in [4.69, 9.17) is 4.74 Å². The molecule has 3 aromatic carbocycles. The molecule has 0 saturated carbocycles. The van der Waals surface area contributed by atoms with Crippen LogP contribution in [0.2, 0.25) is 0 Å². The topological polar surface area (TPSA) is 61.9 Å². The fourth-order valence-electron chi connectivity index (χ4n) is 5.62. The maximum Gasteiger partial charge on any atom is 0.251 e. The molecule has 1 aliphatic heterocycles. The number of carbonyl (C=O) groups is 2. The van der Waals surface area contributed by atoms with Gasteiger partial charge < -0.3 is 15.0 Å². The summed E-state index contributed by atoms with van der Waals surface area (Å²) in [6, 6.07) is 24.4. The van der Waals surface area contributed by atoms with Crippen LogP contribution in [0.15, 0.2) is 77.7 Å². The van der Waals surface area contributed by atoms with Gasteiger partial charge in [0.25, 0.3) is 5.91 Å². The molecule has 0 spiro atoms. The molecule has 0 unspecified atom stereocenters. The molecule has 1 saturated heterocycles. The van der Waals surface area contributed by atoms with E-state index >= 15 is 0 Å². The average Bonchev–Trinajstić information content (AvgIpc) is 3.04. The van der Waals surface area contributed by atoms with Gasteiger partial charge in [0, 0.05) is 55.1 Å². The van der Waals surface area contributed by atoms with E-state index in [1.807, 2.05) is 48.5 Å². The van der Waals surface area contributed by atoms with Crippen molar-refractivity contribution in [2.75, 3.05) is 26.5 Å². The maximum atomic E-state index is 13.7. The van der Waals surface area contributed by atoms with Gasteiger partial charge in [-0.2, -0.15) is 0 Å². The van der Waals surface area contributed by atoms with E-state index in [0.29, 0.717) is 18.7 Å². The first-order valence-electron chi connectivity index (χ1n) is 15.1. The summed E-state index contributed by atoms with van der Waals surface area (Å²) in [4.78, 5) is 32.4. The zero-order valence-corrected chi connectivity index (χ0v) is 26.3. The van der Waals surface area contributed by atoms with Crippen molar-refractivity contribution in [1.82, 2.24) is 15.1 Å². The quantitative estimate of drug-likeness (QED) is 0.224. The van der Waals surface area contributed by atoms with Gasteiger partial charge in [-0.15, -0.1) is 11.8 Å². The number of hydrogen-bond acceptors (Lipinski definition) is 5. The summed E-state index contributed by atoms with van der Waals surface area (Å²) in [5, 5.41) is 2.99. The molecule has 1 fully saturated rings. The van der Waals surface area contributed by atoms with Gasteiger partial charge in [0.2, 0.25) is 5.91 Å². The van der Waals surface area contributed by atoms with E-state index in [1.165, 1.54) is 10.5 Å². The van der Waals surface area contributed by atoms with E-state index in [2.05, 4.69) is 59.5 Å². The maximum absolute atomic E-state index is 13.7. The van der Waals surface area contributed by atoms with E-state index in [-0.39, 0.29) is 23.8 Å². The standard InChI is InChI=1S/C35H45N3O3S/c1-5-29(6-2)35(40)38(31-19-21-37(22-20-31)24-27-11-17-33(42-4)18-12-27)25-28-7-13-30(14-8-28)34(39)36-23-26-9-15-32(41-3)16-10-26/h7-18,29,31H,5-6,19-25H2,1-4H3,(H,36,39). The SMILES string of the molecule is CCC(CC)C(=O)N(Cc1ccc(C(=O)NCc2ccc(OC)cc2)cc1)C1CCN(Cc2ccc(SC)cc2)CC1. The van der Waals surface area contributed by atoms with Crippen LogP contribution in [0.3, 0.4) is 0 Å². The van der Waals surface area contributed by atoms with Crippen LogP contribution >= 0.6 is 11.8 Å². The third-order valence-corrected chi connectivity index (χ3v) is 9.11. The third kappa shape index (κ3) is 8.62. The average molecular weight is 588 g/mol. The number of thioether (sulfide) groups is 1. The molecule has 1 N–H and O–H groups in total. The molecule has 3 aromatic rings. The number of piperidine rings is 1. The first-order chi connectivity index (χ1) is 20.4. The minimum Gasteiger partial charge on any atom is -0.497 e. The largest absolute Gasteiger partial charge is 0.497 e. The van der Waals surface area contributed by atoms with Crippen molar-refractivity contribution in [2.45, 2.75) is 70.1 Å². The van der Waals surface area contributed by atoms with Crippen LogP contribution in [-0.2, 0) is 24.4 Å². The van der Waals surface area contributed by atoms with Crippen LogP contribution in [0.5, 0.6) is 5.75 Å². The molecule has 6 nitrogen and oxygen atoms in total. The Bertz CT molecular complexity index is 1270. The summed E-state index contributed by atoms with van der Waals surface area (Å²) >= 11 is 1.77. The van der Waals surface area contributed by atoms with Crippen molar-refractivity contribution in [3.63, 3.8) is 0 Å². The summed E-state index contributed by atoms with van der Waals surface area (Å²) in [6.07, 6.45) is 5.75. The number of likely N-dealkylation sites (tertiary alicyclic amines) is 1. The van der Waals surface area contributed by atoms with Crippen molar-refractivity contribution in [3.8, 4) is 5.75 Å². The van der Waals surface area contributed by atoms with E-state index in [9.17, 15) is 9.59 Å². The highest BCUT2D eigenvalue weighted by atomic mass is 32.2. The fourth-order valence-corrected chi connectivity index (χ4v) is 6.03. The Morgan fingerprint density at radius 2 is 1.50 bits per heavy atom. The van der Waals surface area contributed by atoms with E-state index < -0.39 is 0 Å². The monoisotopic (exact) mass is 587 g/mol. The number of rotatable bonds is 13. The molecule has 0 atom stereocenters. The first kappa shape index (κ1) is 31.6. The molecular weight excluding hydrogens is 542 g/mol. The molecule has 4 rings (SSSR count). The van der Waals surface area contributed by atoms with Crippen molar-refractivity contribution in [3.05, 3.63) is 95.1 Å². The van der Waals surface area contributed by atoms with E-state index in [1.54, 1.807) is 18.9 Å². The van der Waals surface area contributed by atoms with Crippen LogP contribution in [0, 0.1) is 5.92 Å². The molecule has 7 heteroatoms. The van der Waals surface area contributed by atoms with Crippen LogP contribution in [-0.4, -0.2) is 54.1 Å². The molecule has 1 aliphatic rings. The number of ether oxygens (including phenoxy) is 1. The molecule has 2 amide bonds. The number of nitrogens with zero attached hydrogens (tertiary/aromatic N) is 2. The Balaban J connectivity index is 1.36. The molecule has 224 valence electrons. The number of methoxy groups -OCH3 is 1. The van der Waals surface area contributed by atoms with Crippen LogP contribution in [0.1, 0.15) is 66.6 Å². The molecule has 0 radical (unpaired) electrons. The fraction of sp³-hybridized carbons (Fsp3) is 0.429. The Morgan fingerprint density at radius 1 is 0.905 bits per heavy atom. The summed E-state index contributed by atoms with van der Waals surface area (Å²) < 4.78 is 5.20. The van der Waals surface area contributed by atoms with Crippen molar-refractivity contribution in [1.29, 1.82) is 0 Å². The minimum absolute atomic E-state index is 0.0426. The lowest BCUT2D eigenvalue weighted by atomic mass is 9.96. The van der Waals surface area contributed by atoms with Gasteiger partial charge >= 0.3 is 0 Å². The minimum atomic E-state index is -0.113. The Morgan fingerprint density at radius 3 is 2.07 bits per heavy atom. The summed E-state index contributed by atoms with van der Waals surface area (Å²) in [5.41, 5.74) is 4.02. The lowest BCUT2D eigenvalue weighted by molar-refractivity contribution is -0.140. The van der Waals surface area contributed by atoms with Crippen molar-refractivity contribution >= 4 is 23.6 Å². The molecule has 0 aliphatic carbocycles. The third-order valence-electron chi connectivity index (χ3n) is 8.36. The number of carbonyl (C=O) groups excluding carboxylic acids is 2. The first-order valence-corrected chi connectivity index (χ1v) is 16.3. The lowest BCUT2D eigenvalue weighted by Gasteiger charge is -2.40. The molecule has 1 heterocycles. The molecule has 42 heavy (non-hydrogen) atoms. The van der Waals surface area contributed by atoms with E-state index in [0.717, 1.165) is 62.2 Å². The van der Waals surface area contributed by atoms with Gasteiger partial charge in [0.15, 0.2) is 0 Å². The number of benzene rings is 3. The van der Waals surface area contributed by atoms with Crippen LogP contribution in [0.4, 0.5) is 0 Å². The zero-order valence-electron chi connectivity index (χ0n) is 25.5. The van der Waals surface area contributed by atoms with Gasteiger partial charge in [-0.3, -0.25) is 14.5 Å². The van der Waals surface area contributed by atoms with Gasteiger partial charge in [-0.1, -0.05) is 50.2 Å². The highest BCUT2D eigenvalue weighted by molar-refractivity contribution is 7.98. The van der Waals surface area contributed by atoms with Crippen LogP contribution in [0.25, 0.3) is 0 Å². The molecular formula is C35H45N3O3S. The predicted molar refractivity (Wildman–Crippen MR) is 172 cm³/mol. The zero-order chi connectivity index (χ0) is 29.9. The smallest absolute Gasteiger partial charge is 0.251 e. The number of amides is 2. The second kappa shape index (κ2) is 15.8. The van der Waals surface area contributed by atoms with Crippen molar-refractivity contribution < 1.29 is 14.3 Å². The second-order valence-electron chi connectivity index (χ2n) is 11.1. The summed E-state index contributed by atoms with van der Waals surface area (Å²) in [6.45, 7) is 8.14. The number of hydrogen-bond donors (Lipinski definition) is 1. The van der Waals surface area contributed by atoms with Gasteiger partial charge in [-0.05, 0) is 85.0 Å². The van der Waals surface area contributed by atoms with Crippen LogP contribution < -0.4 is 10.1 Å². The molecule has 0 bridgehead atoms. The Labute approximate surface area is 255 Å². The second-order valence-corrected chi connectivity index (χ2v) is 11.9. The highest BCUT2D eigenvalue weighted by Gasteiger charge is 2.31. The highest BCUT2D eigenvalue weighted by Crippen LogP contribution is 2.25. The Hall–Kier alpha value is -3.29. The van der Waals surface area contributed by atoms with Crippen molar-refractivity contribution in [2.24, 2.45) is 5.92 Å².